The van der Waals surface area contributed by atoms with Crippen molar-refractivity contribution in [2.45, 2.75) is 0 Å². The average Bonchev–Trinajstić information content (AvgIpc) is 2.63. The van der Waals surface area contributed by atoms with Crippen LogP contribution in [0.3, 0.4) is 0 Å². The van der Waals surface area contributed by atoms with E-state index in [4.69, 9.17) is 16.3 Å². The number of nitrogens with zero attached hydrogens (tertiary/aromatic N) is 4. The van der Waals surface area contributed by atoms with Crippen LogP contribution in [0.5, 0.6) is 5.88 Å². The van der Waals surface area contributed by atoms with Crippen molar-refractivity contribution in [1.82, 2.24) is 14.9 Å². The zero-order valence-electron chi connectivity index (χ0n) is 14.8. The molecule has 3 aromatic rings. The standard InChI is InChI=1S/C19H17ClFN5O/c1-26(2)5-6-27-18-8-12-7-13(10-22)19(25-17(12)11-23-18)24-16-4-3-14(20)9-15(16)21/h3-4,7-9,11H,5-6H2,1-2H3,(H,24,25). The number of hydrogen-bond donors (Lipinski definition) is 1. The molecule has 0 aliphatic heterocycles. The highest BCUT2D eigenvalue weighted by Gasteiger charge is 2.11. The Morgan fingerprint density at radius 1 is 1.30 bits per heavy atom. The van der Waals surface area contributed by atoms with Crippen molar-refractivity contribution in [2.75, 3.05) is 32.6 Å². The molecule has 2 heterocycles. The predicted molar refractivity (Wildman–Crippen MR) is 103 cm³/mol. The number of benzene rings is 1. The highest BCUT2D eigenvalue weighted by molar-refractivity contribution is 6.30. The van der Waals surface area contributed by atoms with E-state index in [9.17, 15) is 9.65 Å². The molecule has 0 unspecified atom stereocenters. The normalized spacial score (nSPS) is 10.8. The first-order chi connectivity index (χ1) is 13.0. The fraction of sp³-hybridized carbons (Fsp3) is 0.211. The summed E-state index contributed by atoms with van der Waals surface area (Å²) in [7, 11) is 3.91. The predicted octanol–water partition coefficient (Wildman–Crippen LogP) is 3.98. The number of aromatic nitrogens is 2. The maximum absolute atomic E-state index is 14.0. The molecule has 8 heteroatoms. The van der Waals surface area contributed by atoms with Crippen molar-refractivity contribution >= 4 is 34.0 Å². The van der Waals surface area contributed by atoms with Gasteiger partial charge >= 0.3 is 0 Å². The SMILES string of the molecule is CN(C)CCOc1cc2cc(C#N)c(Nc3ccc(Cl)cc3F)nc2cn1. The summed E-state index contributed by atoms with van der Waals surface area (Å²) in [4.78, 5) is 10.6. The van der Waals surface area contributed by atoms with Gasteiger partial charge in [-0.1, -0.05) is 11.6 Å². The number of rotatable bonds is 6. The Hall–Kier alpha value is -2.95. The summed E-state index contributed by atoms with van der Waals surface area (Å²) in [6.07, 6.45) is 1.56. The van der Waals surface area contributed by atoms with Gasteiger partial charge in [0.1, 0.15) is 24.3 Å². The fourth-order valence-electron chi connectivity index (χ4n) is 2.37. The molecule has 0 aliphatic carbocycles. The molecule has 0 saturated heterocycles. The quantitative estimate of drug-likeness (QED) is 0.691. The van der Waals surface area contributed by atoms with Gasteiger partial charge in [-0.15, -0.1) is 0 Å². The number of anilines is 2. The van der Waals surface area contributed by atoms with Gasteiger partial charge in [0.2, 0.25) is 5.88 Å². The van der Waals surface area contributed by atoms with Gasteiger partial charge < -0.3 is 15.0 Å². The molecule has 0 bridgehead atoms. The van der Waals surface area contributed by atoms with E-state index in [1.165, 1.54) is 12.1 Å². The van der Waals surface area contributed by atoms with E-state index in [0.717, 1.165) is 6.54 Å². The third kappa shape index (κ3) is 4.61. The fourth-order valence-corrected chi connectivity index (χ4v) is 2.53. The van der Waals surface area contributed by atoms with Crippen molar-refractivity contribution in [1.29, 1.82) is 5.26 Å². The average molecular weight is 386 g/mol. The second-order valence-electron chi connectivity index (χ2n) is 6.11. The van der Waals surface area contributed by atoms with Gasteiger partial charge in [0.15, 0.2) is 0 Å². The Bertz CT molecular complexity index is 1020. The highest BCUT2D eigenvalue weighted by atomic mass is 35.5. The van der Waals surface area contributed by atoms with Crippen molar-refractivity contribution < 1.29 is 9.13 Å². The molecule has 0 aliphatic rings. The van der Waals surface area contributed by atoms with Crippen molar-refractivity contribution in [3.63, 3.8) is 0 Å². The lowest BCUT2D eigenvalue weighted by Gasteiger charge is -2.12. The van der Waals surface area contributed by atoms with Gasteiger partial charge in [0, 0.05) is 23.0 Å². The lowest BCUT2D eigenvalue weighted by atomic mass is 10.2. The largest absolute Gasteiger partial charge is 0.476 e. The lowest BCUT2D eigenvalue weighted by molar-refractivity contribution is 0.254. The van der Waals surface area contributed by atoms with E-state index < -0.39 is 5.82 Å². The molecule has 1 aromatic carbocycles. The molecular formula is C19H17ClFN5O. The van der Waals surface area contributed by atoms with E-state index >= 15 is 0 Å². The zero-order chi connectivity index (χ0) is 19.4. The Labute approximate surface area is 161 Å². The molecule has 6 nitrogen and oxygen atoms in total. The molecule has 0 saturated carbocycles. The molecule has 0 radical (unpaired) electrons. The Kier molecular flexibility index (Phi) is 5.69. The Balaban J connectivity index is 1.89. The number of fused-ring (bicyclic) bond motifs is 1. The minimum Gasteiger partial charge on any atom is -0.476 e. The van der Waals surface area contributed by atoms with Crippen LogP contribution < -0.4 is 10.1 Å². The maximum Gasteiger partial charge on any atom is 0.213 e. The van der Waals surface area contributed by atoms with Crippen LogP contribution in [0.4, 0.5) is 15.9 Å². The van der Waals surface area contributed by atoms with Gasteiger partial charge in [-0.05, 0) is 38.4 Å². The summed E-state index contributed by atoms with van der Waals surface area (Å²) in [6, 6.07) is 9.70. The number of nitriles is 1. The van der Waals surface area contributed by atoms with Crippen LogP contribution in [0.2, 0.25) is 5.02 Å². The second-order valence-corrected chi connectivity index (χ2v) is 6.55. The number of ether oxygens (including phenoxy) is 1. The van der Waals surface area contributed by atoms with E-state index in [2.05, 4.69) is 21.4 Å². The maximum atomic E-state index is 14.0. The molecule has 138 valence electrons. The van der Waals surface area contributed by atoms with E-state index in [-0.39, 0.29) is 22.1 Å². The number of pyridine rings is 2. The van der Waals surface area contributed by atoms with Crippen LogP contribution in [0.15, 0.2) is 36.5 Å². The first-order valence-corrected chi connectivity index (χ1v) is 8.54. The summed E-state index contributed by atoms with van der Waals surface area (Å²) < 4.78 is 19.6. The number of hydrogen-bond acceptors (Lipinski definition) is 6. The van der Waals surface area contributed by atoms with Crippen LogP contribution in [-0.4, -0.2) is 42.1 Å². The lowest BCUT2D eigenvalue weighted by Crippen LogP contribution is -2.19. The number of halogens is 2. The molecule has 0 spiro atoms. The Morgan fingerprint density at radius 2 is 2.11 bits per heavy atom. The Morgan fingerprint density at radius 3 is 2.81 bits per heavy atom. The minimum atomic E-state index is -0.531. The summed E-state index contributed by atoms with van der Waals surface area (Å²) in [5.74, 6) is 0.171. The van der Waals surface area contributed by atoms with E-state index in [1.54, 1.807) is 24.4 Å². The van der Waals surface area contributed by atoms with Crippen LogP contribution in [-0.2, 0) is 0 Å². The third-order valence-corrected chi connectivity index (χ3v) is 4.00. The van der Waals surface area contributed by atoms with Gasteiger partial charge in [0.05, 0.1) is 23.0 Å². The van der Waals surface area contributed by atoms with Gasteiger partial charge in [0.25, 0.3) is 0 Å². The van der Waals surface area contributed by atoms with Crippen LogP contribution in [0.25, 0.3) is 10.9 Å². The second kappa shape index (κ2) is 8.16. The van der Waals surface area contributed by atoms with Crippen molar-refractivity contribution in [2.24, 2.45) is 0 Å². The molecule has 0 atom stereocenters. The third-order valence-electron chi connectivity index (χ3n) is 3.77. The zero-order valence-corrected chi connectivity index (χ0v) is 15.6. The summed E-state index contributed by atoms with van der Waals surface area (Å²) in [5, 5.41) is 13.3. The number of nitrogens with one attached hydrogen (secondary N) is 1. The van der Waals surface area contributed by atoms with Gasteiger partial charge in [-0.3, -0.25) is 0 Å². The van der Waals surface area contributed by atoms with Crippen molar-refractivity contribution in [3.8, 4) is 11.9 Å². The van der Waals surface area contributed by atoms with Crippen LogP contribution in [0, 0.1) is 17.1 Å². The van der Waals surface area contributed by atoms with Crippen molar-refractivity contribution in [3.05, 3.63) is 52.9 Å². The number of likely N-dealkylation sites (N-methyl/N-ethyl adjacent to an activating group) is 1. The monoisotopic (exact) mass is 385 g/mol. The first kappa shape index (κ1) is 18.8. The summed E-state index contributed by atoms with van der Waals surface area (Å²) >= 11 is 5.77. The molecule has 0 amide bonds. The highest BCUT2D eigenvalue weighted by Crippen LogP contribution is 2.27. The van der Waals surface area contributed by atoms with E-state index in [1.807, 2.05) is 19.0 Å². The van der Waals surface area contributed by atoms with E-state index in [0.29, 0.717) is 23.4 Å². The molecule has 0 fully saturated rings. The topological polar surface area (TPSA) is 74.1 Å². The minimum absolute atomic E-state index is 0.180. The van der Waals surface area contributed by atoms with Crippen LogP contribution >= 0.6 is 11.6 Å². The summed E-state index contributed by atoms with van der Waals surface area (Å²) in [5.41, 5.74) is 1.02. The van der Waals surface area contributed by atoms with Gasteiger partial charge in [-0.2, -0.15) is 5.26 Å². The summed E-state index contributed by atoms with van der Waals surface area (Å²) in [6.45, 7) is 1.26. The van der Waals surface area contributed by atoms with Gasteiger partial charge in [-0.25, -0.2) is 14.4 Å². The molecule has 27 heavy (non-hydrogen) atoms. The molecule has 1 N–H and O–H groups in total. The first-order valence-electron chi connectivity index (χ1n) is 8.17. The van der Waals surface area contributed by atoms with Crippen LogP contribution in [0.1, 0.15) is 5.56 Å². The smallest absolute Gasteiger partial charge is 0.213 e. The molecule has 3 rings (SSSR count). The molecule has 2 aromatic heterocycles. The molecular weight excluding hydrogens is 369 g/mol.